The lowest BCUT2D eigenvalue weighted by Gasteiger charge is -2.29. The van der Waals surface area contributed by atoms with Gasteiger partial charge in [-0.1, -0.05) is 60.1 Å². The summed E-state index contributed by atoms with van der Waals surface area (Å²) < 4.78 is 0. The van der Waals surface area contributed by atoms with Crippen molar-refractivity contribution in [3.8, 4) is 0 Å². The van der Waals surface area contributed by atoms with Gasteiger partial charge >= 0.3 is 0 Å². The molecule has 0 aliphatic carbocycles. The molecule has 1 fully saturated rings. The Balaban J connectivity index is 1.57. The molecule has 0 aromatic heterocycles. The van der Waals surface area contributed by atoms with E-state index in [2.05, 4.69) is 16.0 Å². The van der Waals surface area contributed by atoms with Gasteiger partial charge in [-0.25, -0.2) is 0 Å². The number of carbonyl (C=O) groups excluding carboxylic acids is 4. The summed E-state index contributed by atoms with van der Waals surface area (Å²) in [5, 5.41) is 8.21. The van der Waals surface area contributed by atoms with Crippen molar-refractivity contribution in [2.24, 2.45) is 5.73 Å². The van der Waals surface area contributed by atoms with E-state index in [4.69, 9.17) is 17.3 Å². The fourth-order valence-corrected chi connectivity index (χ4v) is 3.57. The van der Waals surface area contributed by atoms with Gasteiger partial charge in [-0.05, 0) is 17.2 Å². The van der Waals surface area contributed by atoms with Crippen molar-refractivity contribution in [3.05, 3.63) is 70.7 Å². The van der Waals surface area contributed by atoms with Crippen LogP contribution < -0.4 is 21.7 Å². The number of carbonyl (C=O) groups is 4. The second-order valence-electron chi connectivity index (χ2n) is 7.33. The molecule has 5 N–H and O–H groups in total. The van der Waals surface area contributed by atoms with Crippen LogP contribution in [0.1, 0.15) is 17.5 Å². The van der Waals surface area contributed by atoms with Gasteiger partial charge < -0.3 is 21.7 Å². The van der Waals surface area contributed by atoms with E-state index >= 15 is 0 Å². The molecule has 3 rings (SSSR count). The normalized spacial score (nSPS) is 19.1. The van der Waals surface area contributed by atoms with Crippen LogP contribution in [0.3, 0.4) is 0 Å². The van der Waals surface area contributed by atoms with Gasteiger partial charge in [0.2, 0.25) is 23.6 Å². The van der Waals surface area contributed by atoms with Crippen LogP contribution >= 0.6 is 11.6 Å². The van der Waals surface area contributed by atoms with Crippen LogP contribution in [-0.4, -0.2) is 41.8 Å². The zero-order chi connectivity index (χ0) is 22.4. The molecular formula is C22H23ClN4O4. The standard InChI is InChI=1S/C22H23ClN4O4/c23-15-9-5-4-8-14(15)11-16(20(24)29)25-19(28)12-18-22(31)26-17(21(30)27-18)10-13-6-2-1-3-7-13/h1-9,16-18H,10-12H2,(H2,24,29)(H,25,28)(H,26,31)(H,27,30)/t16-,17+,18+/m1/s1. The zero-order valence-corrected chi connectivity index (χ0v) is 17.4. The second-order valence-corrected chi connectivity index (χ2v) is 7.74. The van der Waals surface area contributed by atoms with Crippen molar-refractivity contribution >= 4 is 35.2 Å². The first-order valence-corrected chi connectivity index (χ1v) is 10.2. The molecule has 0 unspecified atom stereocenters. The van der Waals surface area contributed by atoms with E-state index in [0.717, 1.165) is 5.56 Å². The van der Waals surface area contributed by atoms with Gasteiger partial charge in [0.25, 0.3) is 0 Å². The highest BCUT2D eigenvalue weighted by molar-refractivity contribution is 6.31. The molecule has 8 nitrogen and oxygen atoms in total. The average Bonchev–Trinajstić information content (AvgIpc) is 2.73. The van der Waals surface area contributed by atoms with Gasteiger partial charge in [0.05, 0.1) is 6.42 Å². The predicted molar refractivity (Wildman–Crippen MR) is 115 cm³/mol. The van der Waals surface area contributed by atoms with E-state index in [1.807, 2.05) is 30.3 Å². The summed E-state index contributed by atoms with van der Waals surface area (Å²) in [6.45, 7) is 0. The molecule has 1 heterocycles. The minimum atomic E-state index is -1.03. The van der Waals surface area contributed by atoms with Crippen molar-refractivity contribution in [2.45, 2.75) is 37.4 Å². The van der Waals surface area contributed by atoms with Crippen molar-refractivity contribution in [1.29, 1.82) is 0 Å². The molecule has 162 valence electrons. The van der Waals surface area contributed by atoms with E-state index in [0.29, 0.717) is 17.0 Å². The Hall–Kier alpha value is -3.39. The number of benzene rings is 2. The fraction of sp³-hybridized carbons (Fsp3) is 0.273. The quantitative estimate of drug-likeness (QED) is 0.473. The number of nitrogens with one attached hydrogen (secondary N) is 3. The summed E-state index contributed by atoms with van der Waals surface area (Å²) in [5.74, 6) is -2.15. The van der Waals surface area contributed by atoms with Gasteiger partial charge in [0.1, 0.15) is 18.1 Å². The molecule has 31 heavy (non-hydrogen) atoms. The first kappa shape index (κ1) is 22.3. The van der Waals surface area contributed by atoms with Crippen molar-refractivity contribution in [1.82, 2.24) is 16.0 Å². The molecule has 0 spiro atoms. The molecule has 4 amide bonds. The summed E-state index contributed by atoms with van der Waals surface area (Å²) in [5.41, 5.74) is 6.97. The minimum Gasteiger partial charge on any atom is -0.368 e. The molecule has 3 atom stereocenters. The maximum absolute atomic E-state index is 12.4. The van der Waals surface area contributed by atoms with Crippen LogP contribution in [0.25, 0.3) is 0 Å². The van der Waals surface area contributed by atoms with Gasteiger partial charge in [0.15, 0.2) is 0 Å². The van der Waals surface area contributed by atoms with E-state index in [9.17, 15) is 19.2 Å². The van der Waals surface area contributed by atoms with Gasteiger partial charge in [-0.2, -0.15) is 0 Å². The molecule has 2 aromatic carbocycles. The Morgan fingerprint density at radius 1 is 0.968 bits per heavy atom. The third kappa shape index (κ3) is 6.05. The number of nitrogens with two attached hydrogens (primary N) is 1. The average molecular weight is 443 g/mol. The van der Waals surface area contributed by atoms with Crippen molar-refractivity contribution < 1.29 is 19.2 Å². The van der Waals surface area contributed by atoms with Crippen LogP contribution in [0, 0.1) is 0 Å². The Labute approximate surface area is 184 Å². The maximum atomic E-state index is 12.4. The largest absolute Gasteiger partial charge is 0.368 e. The number of halogens is 1. The Bertz CT molecular complexity index is 982. The number of primary amides is 1. The van der Waals surface area contributed by atoms with E-state index in [1.165, 1.54) is 0 Å². The number of hydrogen-bond donors (Lipinski definition) is 4. The molecule has 1 aliphatic heterocycles. The first-order chi connectivity index (χ1) is 14.8. The lowest BCUT2D eigenvalue weighted by atomic mass is 10.0. The van der Waals surface area contributed by atoms with Crippen LogP contribution in [0.15, 0.2) is 54.6 Å². The maximum Gasteiger partial charge on any atom is 0.243 e. The van der Waals surface area contributed by atoms with Crippen molar-refractivity contribution in [2.75, 3.05) is 0 Å². The third-order valence-electron chi connectivity index (χ3n) is 5.00. The van der Waals surface area contributed by atoms with Gasteiger partial charge in [-0.3, -0.25) is 19.2 Å². The summed E-state index contributed by atoms with van der Waals surface area (Å²) in [4.78, 5) is 49.0. The zero-order valence-electron chi connectivity index (χ0n) is 16.6. The molecule has 2 aromatic rings. The summed E-state index contributed by atoms with van der Waals surface area (Å²) in [7, 11) is 0. The molecular weight excluding hydrogens is 420 g/mol. The number of hydrogen-bond acceptors (Lipinski definition) is 4. The Morgan fingerprint density at radius 2 is 1.58 bits per heavy atom. The second kappa shape index (κ2) is 10.1. The van der Waals surface area contributed by atoms with E-state index in [1.54, 1.807) is 24.3 Å². The molecule has 0 radical (unpaired) electrons. The first-order valence-electron chi connectivity index (χ1n) is 9.80. The lowest BCUT2D eigenvalue weighted by molar-refractivity contribution is -0.138. The van der Waals surface area contributed by atoms with Crippen LogP contribution in [0.4, 0.5) is 0 Å². The topological polar surface area (TPSA) is 130 Å². The lowest BCUT2D eigenvalue weighted by Crippen LogP contribution is -2.63. The minimum absolute atomic E-state index is 0.114. The third-order valence-corrected chi connectivity index (χ3v) is 5.37. The van der Waals surface area contributed by atoms with Crippen molar-refractivity contribution in [3.63, 3.8) is 0 Å². The number of amides is 4. The van der Waals surface area contributed by atoms with E-state index < -0.39 is 35.8 Å². The SMILES string of the molecule is NC(=O)[C@@H](Cc1ccccc1Cl)NC(=O)C[C@@H]1NC(=O)[C@H](Cc2ccccc2)NC1=O. The summed E-state index contributed by atoms with van der Waals surface area (Å²) in [6, 6.07) is 13.4. The highest BCUT2D eigenvalue weighted by Gasteiger charge is 2.35. The smallest absolute Gasteiger partial charge is 0.243 e. The summed E-state index contributed by atoms with van der Waals surface area (Å²) in [6.07, 6.45) is 0.143. The fourth-order valence-electron chi connectivity index (χ4n) is 3.36. The van der Waals surface area contributed by atoms with Crippen LogP contribution in [-0.2, 0) is 32.0 Å². The number of piperazine rings is 1. The highest BCUT2D eigenvalue weighted by Crippen LogP contribution is 2.17. The van der Waals surface area contributed by atoms with Gasteiger partial charge in [-0.15, -0.1) is 0 Å². The number of rotatable bonds is 8. The Kier molecular flexibility index (Phi) is 7.25. The monoisotopic (exact) mass is 442 g/mol. The predicted octanol–water partition coefficient (Wildman–Crippen LogP) is 0.469. The molecule has 0 bridgehead atoms. The van der Waals surface area contributed by atoms with Crippen LogP contribution in [0.5, 0.6) is 0 Å². The van der Waals surface area contributed by atoms with Gasteiger partial charge in [0, 0.05) is 17.9 Å². The molecule has 0 saturated carbocycles. The van der Waals surface area contributed by atoms with Crippen LogP contribution in [0.2, 0.25) is 5.02 Å². The Morgan fingerprint density at radius 3 is 2.26 bits per heavy atom. The molecule has 1 aliphatic rings. The van der Waals surface area contributed by atoms with E-state index in [-0.39, 0.29) is 18.7 Å². The summed E-state index contributed by atoms with van der Waals surface area (Å²) >= 11 is 6.11. The molecule has 9 heteroatoms. The highest BCUT2D eigenvalue weighted by atomic mass is 35.5. The molecule has 1 saturated heterocycles.